The molecule has 2 aliphatic rings. The quantitative estimate of drug-likeness (QED) is 0.0565. The van der Waals surface area contributed by atoms with Crippen molar-refractivity contribution in [3.05, 3.63) is 233 Å². The van der Waals surface area contributed by atoms with E-state index >= 15 is 0 Å². The molecule has 2 aliphatic heterocycles. The third kappa shape index (κ3) is 24.7. The van der Waals surface area contributed by atoms with Gasteiger partial charge < -0.3 is 41.5 Å². The molecular formula is C68H68Cl2F4N12O6. The zero-order valence-electron chi connectivity index (χ0n) is 51.3. The Morgan fingerprint density at radius 1 is 0.522 bits per heavy atom. The smallest absolute Gasteiger partial charge is 0.307 e. The number of nitrogens with two attached hydrogens (primary N) is 1. The second-order valence-electron chi connectivity index (χ2n) is 20.3. The predicted molar refractivity (Wildman–Crippen MR) is 351 cm³/mol. The molecule has 0 bridgehead atoms. The lowest BCUT2D eigenvalue weighted by Crippen LogP contribution is -2.48. The molecule has 478 valence electrons. The molecule has 11 rings (SSSR count). The zero-order valence-corrected chi connectivity index (χ0v) is 51.8. The minimum absolute atomic E-state index is 0.00975. The molecule has 0 spiro atoms. The fourth-order valence-electron chi connectivity index (χ4n) is 8.83. The van der Waals surface area contributed by atoms with E-state index in [1.165, 1.54) is 42.6 Å². The number of nitrogens with zero attached hydrogens (tertiary/aromatic N) is 8. The number of aromatic nitrogens is 5. The first-order valence-electron chi connectivity index (χ1n) is 29.3. The van der Waals surface area contributed by atoms with Gasteiger partial charge in [-0.25, -0.2) is 38.1 Å². The second kappa shape index (κ2) is 37.1. The van der Waals surface area contributed by atoms with Gasteiger partial charge in [0, 0.05) is 119 Å². The third-order valence-electron chi connectivity index (χ3n) is 13.5. The number of alkyl halides is 1. The first-order valence-corrected chi connectivity index (χ1v) is 29.3. The van der Waals surface area contributed by atoms with Crippen LogP contribution in [-0.4, -0.2) is 129 Å². The van der Waals surface area contributed by atoms with Gasteiger partial charge in [-0.3, -0.25) is 28.4 Å². The number of hydrogen-bond donors (Lipinski definition) is 5. The number of anilines is 4. The number of rotatable bonds is 12. The molecule has 0 aliphatic carbocycles. The van der Waals surface area contributed by atoms with Crippen molar-refractivity contribution in [3.63, 3.8) is 0 Å². The fourth-order valence-corrected chi connectivity index (χ4v) is 9.07. The Bertz CT molecular complexity index is 3820. The molecule has 24 heteroatoms. The molecule has 5 aromatic heterocycles. The number of aliphatic carboxylic acids is 1. The molecule has 7 heterocycles. The summed E-state index contributed by atoms with van der Waals surface area (Å²) in [5.41, 5.74) is 12.4. The van der Waals surface area contributed by atoms with Gasteiger partial charge in [0.05, 0.1) is 27.8 Å². The van der Waals surface area contributed by atoms with Crippen LogP contribution in [0.3, 0.4) is 0 Å². The van der Waals surface area contributed by atoms with E-state index in [1.54, 1.807) is 124 Å². The van der Waals surface area contributed by atoms with Crippen molar-refractivity contribution < 1.29 is 48.0 Å². The van der Waals surface area contributed by atoms with Crippen molar-refractivity contribution in [1.82, 2.24) is 40.0 Å². The maximum atomic E-state index is 13.4. The van der Waals surface area contributed by atoms with Crippen LogP contribution in [0.25, 0.3) is 33.4 Å². The van der Waals surface area contributed by atoms with Gasteiger partial charge in [-0.2, -0.15) is 0 Å². The summed E-state index contributed by atoms with van der Waals surface area (Å²) in [6.07, 6.45) is 8.40. The number of carboxylic acid groups (broad SMARTS) is 1. The zero-order chi connectivity index (χ0) is 67.1. The number of hydrogen-bond acceptors (Lipinski definition) is 13. The number of nitrogen functional groups attached to an aromatic ring is 1. The van der Waals surface area contributed by atoms with Gasteiger partial charge in [0.1, 0.15) is 45.9 Å². The highest BCUT2D eigenvalue weighted by Crippen LogP contribution is 2.24. The van der Waals surface area contributed by atoms with Crippen molar-refractivity contribution in [1.29, 1.82) is 0 Å². The van der Waals surface area contributed by atoms with Gasteiger partial charge in [-0.05, 0) is 130 Å². The van der Waals surface area contributed by atoms with E-state index in [4.69, 9.17) is 35.4 Å². The van der Waals surface area contributed by atoms with E-state index in [0.717, 1.165) is 89.6 Å². The molecule has 4 amide bonds. The van der Waals surface area contributed by atoms with E-state index in [0.29, 0.717) is 46.3 Å². The lowest BCUT2D eigenvalue weighted by atomic mass is 10.1. The maximum absolute atomic E-state index is 13.4. The first kappa shape index (κ1) is 69.3. The third-order valence-corrected chi connectivity index (χ3v) is 14.0. The lowest BCUT2D eigenvalue weighted by molar-refractivity contribution is -0.136. The van der Waals surface area contributed by atoms with Crippen LogP contribution in [0.5, 0.6) is 0 Å². The molecule has 92 heavy (non-hydrogen) atoms. The van der Waals surface area contributed by atoms with Crippen molar-refractivity contribution in [2.45, 2.75) is 33.1 Å². The number of pyridine rings is 5. The standard InChI is InChI=1S/C24H24FN5O2.C19H14ClFN2O.C11H9FN2.C7H6ClNO2.C6H12N2O.CH3F/c1-17(31)29-9-11-30(12-10-29)23-8-5-18(15-27-23)13-24(32)28-22-7-6-20(16-26-22)19-3-2-4-21(25)14-19;20-16-7-4-13(5-8-16)10-19(24)23-18-9-6-15(12-22-18)14-2-1-3-17(21)11-14;12-10-3-1-2-8(6-10)9-4-5-11(13)14-7-9;8-6-2-1-5(4-9-6)3-7(10)11;1-6(9)8-4-2-7-3-5-8;1-2/h2-8,14-16H,9-13H2,1H3,(H,26,28,32);1-9,11-12H,10H2,(H,22,23,24);1-7H,(H2,13,14);1-2,4H,3H2,(H,10,11);7H,2-5H2,1H3;1H3/i;;;;;1D. The van der Waals surface area contributed by atoms with E-state index in [2.05, 4.69) is 45.8 Å². The molecule has 2 fully saturated rings. The summed E-state index contributed by atoms with van der Waals surface area (Å²) < 4.78 is 55.0. The fraction of sp³-hybridized carbons (Fsp3) is 0.206. The molecule has 0 unspecified atom stereocenters. The maximum Gasteiger partial charge on any atom is 0.307 e. The molecule has 9 aromatic rings. The molecule has 0 saturated carbocycles. The number of carbonyl (C=O) groups is 5. The second-order valence-corrected chi connectivity index (χ2v) is 21.1. The van der Waals surface area contributed by atoms with Crippen molar-refractivity contribution in [3.8, 4) is 33.4 Å². The minimum atomic E-state index is -1.00. The van der Waals surface area contributed by atoms with E-state index in [9.17, 15) is 41.5 Å². The Morgan fingerprint density at radius 3 is 1.35 bits per heavy atom. The number of carboxylic acids is 1. The summed E-state index contributed by atoms with van der Waals surface area (Å²) in [7, 11) is -1.00. The Kier molecular flexibility index (Phi) is 28.0. The summed E-state index contributed by atoms with van der Waals surface area (Å²) in [6, 6.07) is 43.5. The van der Waals surface area contributed by atoms with E-state index in [-0.39, 0.29) is 60.3 Å². The van der Waals surface area contributed by atoms with Crippen LogP contribution in [-0.2, 0) is 43.2 Å². The van der Waals surface area contributed by atoms with Crippen molar-refractivity contribution in [2.24, 2.45) is 0 Å². The Balaban J connectivity index is 0.000000197. The van der Waals surface area contributed by atoms with Crippen LogP contribution >= 0.6 is 23.2 Å². The first-order chi connectivity index (χ1) is 44.7. The normalized spacial score (nSPS) is 12.3. The molecule has 4 aromatic carbocycles. The van der Waals surface area contributed by atoms with Crippen LogP contribution in [0, 0.1) is 17.5 Å². The van der Waals surface area contributed by atoms with Gasteiger partial charge in [0.15, 0.2) is 0 Å². The Hall–Kier alpha value is -10.2. The summed E-state index contributed by atoms with van der Waals surface area (Å²) in [6.45, 7) is 9.68. The molecule has 18 nitrogen and oxygen atoms in total. The average molecular weight is 1300 g/mol. The summed E-state index contributed by atoms with van der Waals surface area (Å²) in [5, 5.41) is 18.1. The van der Waals surface area contributed by atoms with Crippen LogP contribution in [0.2, 0.25) is 10.2 Å². The SMILES string of the molecule is CC(=O)N1CCN(c2ccc(CC(=O)Nc3ccc(-c4cccc(F)c4)cn3)cn2)CC1.CC(=O)N1CCNCC1.Nc1ccc(-c2cccc(F)c2)cn1.O=C(Cc1ccc(Cl)cc1)Nc1ccc(-c2cccc(F)c2)cn1.O=C(O)Cc1ccc(Cl)nc1.[2H]CF. The highest BCUT2D eigenvalue weighted by atomic mass is 35.5. The monoisotopic (exact) mass is 1300 g/mol. The average Bonchev–Trinajstić information content (AvgIpc) is 1.10. The van der Waals surface area contributed by atoms with Crippen LogP contribution in [0.4, 0.5) is 40.8 Å². The van der Waals surface area contributed by atoms with Crippen LogP contribution < -0.4 is 26.6 Å². The highest BCUT2D eigenvalue weighted by molar-refractivity contribution is 6.30. The molecule has 2 saturated heterocycles. The van der Waals surface area contributed by atoms with Crippen molar-refractivity contribution >= 4 is 76.1 Å². The molecule has 0 radical (unpaired) electrons. The van der Waals surface area contributed by atoms with E-state index in [1.807, 2.05) is 46.2 Å². The predicted octanol–water partition coefficient (Wildman–Crippen LogP) is 11.7. The van der Waals surface area contributed by atoms with Crippen LogP contribution in [0.15, 0.2) is 189 Å². The largest absolute Gasteiger partial charge is 0.481 e. The van der Waals surface area contributed by atoms with Gasteiger partial charge in [-0.1, -0.05) is 83.9 Å². The van der Waals surface area contributed by atoms with E-state index < -0.39 is 13.1 Å². The van der Waals surface area contributed by atoms with Gasteiger partial charge in [0.2, 0.25) is 23.6 Å². The number of carbonyl (C=O) groups excluding carboxylic acids is 4. The van der Waals surface area contributed by atoms with Crippen LogP contribution in [0.1, 0.15) is 31.9 Å². The molecule has 6 N–H and O–H groups in total. The Labute approximate surface area is 541 Å². The Morgan fingerprint density at radius 2 is 0.957 bits per heavy atom. The topological polar surface area (TPSA) is 242 Å². The van der Waals surface area contributed by atoms with Gasteiger partial charge >= 0.3 is 5.97 Å². The summed E-state index contributed by atoms with van der Waals surface area (Å²) >= 11 is 11.3. The molecule has 0 atom stereocenters. The number of amides is 4. The number of benzene rings is 4. The number of piperazine rings is 2. The van der Waals surface area contributed by atoms with Gasteiger partial charge in [-0.15, -0.1) is 0 Å². The number of nitrogens with one attached hydrogen (secondary N) is 3. The lowest BCUT2D eigenvalue weighted by Gasteiger charge is -2.34. The van der Waals surface area contributed by atoms with Gasteiger partial charge in [0.25, 0.3) is 0 Å². The number of halogens is 6. The summed E-state index contributed by atoms with van der Waals surface area (Å²) in [5.74, 6) is 0.394. The minimum Gasteiger partial charge on any atom is -0.481 e. The molecular weight excluding hydrogens is 1230 g/mol. The highest BCUT2D eigenvalue weighted by Gasteiger charge is 2.20. The summed E-state index contributed by atoms with van der Waals surface area (Å²) in [4.78, 5) is 83.2. The van der Waals surface area contributed by atoms with Crippen molar-refractivity contribution in [2.75, 3.05) is 80.8 Å².